The second kappa shape index (κ2) is 34.6. The Morgan fingerprint density at radius 3 is 0.667 bits per heavy atom. The molecule has 0 saturated heterocycles. The van der Waals surface area contributed by atoms with Crippen molar-refractivity contribution in [2.45, 2.75) is 187 Å². The molecule has 0 aromatic heterocycles. The normalized spacial score (nSPS) is 11.1. The Balaban J connectivity index is 0. The molecule has 0 amide bonds. The fourth-order valence-electron chi connectivity index (χ4n) is 4.97. The van der Waals surface area contributed by atoms with Crippen LogP contribution >= 0.6 is 17.0 Å². The highest BCUT2D eigenvalue weighted by Crippen LogP contribution is 2.16. The Labute approximate surface area is 222 Å². The topological polar surface area (TPSA) is 12.0 Å². The molecule has 0 bridgehead atoms. The van der Waals surface area contributed by atoms with Crippen molar-refractivity contribution < 1.29 is 0 Å². The molecule has 0 aliphatic heterocycles. The summed E-state index contributed by atoms with van der Waals surface area (Å²) in [5.74, 6) is 0. The summed E-state index contributed by atoms with van der Waals surface area (Å²) in [4.78, 5) is 0. The van der Waals surface area contributed by atoms with Crippen molar-refractivity contribution in [1.82, 2.24) is 5.32 Å². The zero-order valence-electron chi connectivity index (χ0n) is 23.4. The Kier molecular flexibility index (Phi) is 37.3. The molecular formula is C31H66BrN. The molecule has 202 valence electrons. The first-order valence-corrected chi connectivity index (χ1v) is 15.6. The summed E-state index contributed by atoms with van der Waals surface area (Å²) < 4.78 is 0. The van der Waals surface area contributed by atoms with Gasteiger partial charge < -0.3 is 5.32 Å². The van der Waals surface area contributed by atoms with Crippen molar-refractivity contribution in [2.24, 2.45) is 0 Å². The molecule has 0 aliphatic carbocycles. The summed E-state index contributed by atoms with van der Waals surface area (Å²) in [6, 6.07) is 0. The minimum Gasteiger partial charge on any atom is -0.320 e. The zero-order valence-corrected chi connectivity index (χ0v) is 25.1. The number of nitrogens with one attached hydrogen (secondary N) is 1. The van der Waals surface area contributed by atoms with Gasteiger partial charge in [0.05, 0.1) is 0 Å². The Morgan fingerprint density at radius 1 is 0.303 bits per heavy atom. The fourth-order valence-corrected chi connectivity index (χ4v) is 4.97. The van der Waals surface area contributed by atoms with Gasteiger partial charge in [-0.15, -0.1) is 17.0 Å². The van der Waals surface area contributed by atoms with Crippen LogP contribution in [0.4, 0.5) is 0 Å². The van der Waals surface area contributed by atoms with E-state index in [2.05, 4.69) is 19.3 Å². The molecule has 0 aromatic rings. The summed E-state index contributed by atoms with van der Waals surface area (Å²) in [7, 11) is 2.06. The van der Waals surface area contributed by atoms with Gasteiger partial charge in [0.2, 0.25) is 0 Å². The van der Waals surface area contributed by atoms with Gasteiger partial charge in [0.25, 0.3) is 0 Å². The third kappa shape index (κ3) is 34.7. The van der Waals surface area contributed by atoms with Crippen LogP contribution in [0.3, 0.4) is 0 Å². The summed E-state index contributed by atoms with van der Waals surface area (Å²) in [6.07, 6.45) is 41.2. The third-order valence-electron chi connectivity index (χ3n) is 7.28. The van der Waals surface area contributed by atoms with E-state index < -0.39 is 0 Å². The highest BCUT2D eigenvalue weighted by atomic mass is 79.9. The van der Waals surface area contributed by atoms with E-state index in [1.807, 2.05) is 0 Å². The maximum Gasteiger partial charge on any atom is -0.00519 e. The van der Waals surface area contributed by atoms with E-state index in [1.165, 1.54) is 186 Å². The molecule has 0 unspecified atom stereocenters. The molecule has 1 N–H and O–H groups in total. The number of unbranched alkanes of at least 4 members (excludes halogenated alkanes) is 27. The lowest BCUT2D eigenvalue weighted by atomic mass is 10.0. The van der Waals surface area contributed by atoms with Gasteiger partial charge in [-0.1, -0.05) is 180 Å². The van der Waals surface area contributed by atoms with Gasteiger partial charge >= 0.3 is 0 Å². The predicted molar refractivity (Wildman–Crippen MR) is 159 cm³/mol. The van der Waals surface area contributed by atoms with E-state index in [0.717, 1.165) is 0 Å². The first kappa shape index (κ1) is 35.6. The van der Waals surface area contributed by atoms with Crippen molar-refractivity contribution >= 4 is 17.0 Å². The monoisotopic (exact) mass is 531 g/mol. The Hall–Kier alpha value is 0.440. The highest BCUT2D eigenvalue weighted by molar-refractivity contribution is 8.93. The Morgan fingerprint density at radius 2 is 0.485 bits per heavy atom. The average Bonchev–Trinajstić information content (AvgIpc) is 2.81. The molecule has 0 spiro atoms. The van der Waals surface area contributed by atoms with Crippen molar-refractivity contribution in [1.29, 1.82) is 0 Å². The minimum absolute atomic E-state index is 0. The Bertz CT molecular complexity index is 277. The molecule has 0 rings (SSSR count). The lowest BCUT2D eigenvalue weighted by Gasteiger charge is -2.04. The standard InChI is InChI=1S/C31H65N.BrH/c1-3-4-5-6-7-8-9-10-11-12-13-14-15-16-17-18-19-20-21-22-23-24-25-26-27-28-29-30-31-32-2;/h32H,3-31H2,1-2H3;1H. The number of hydrogen-bond donors (Lipinski definition) is 1. The predicted octanol–water partition coefficient (Wildman–Crippen LogP) is 11.7. The van der Waals surface area contributed by atoms with Crippen LogP contribution in [0.2, 0.25) is 0 Å². The summed E-state index contributed by atoms with van der Waals surface area (Å²) in [5.41, 5.74) is 0. The molecule has 0 saturated carbocycles. The zero-order chi connectivity index (χ0) is 23.2. The number of hydrogen-bond acceptors (Lipinski definition) is 1. The van der Waals surface area contributed by atoms with Gasteiger partial charge in [-0.2, -0.15) is 0 Å². The van der Waals surface area contributed by atoms with Crippen LogP contribution in [0.15, 0.2) is 0 Å². The van der Waals surface area contributed by atoms with Gasteiger partial charge in [-0.3, -0.25) is 0 Å². The molecule has 0 fully saturated rings. The first-order chi connectivity index (χ1) is 15.9. The van der Waals surface area contributed by atoms with Crippen LogP contribution in [-0.2, 0) is 0 Å². The number of rotatable bonds is 29. The van der Waals surface area contributed by atoms with Crippen LogP contribution in [-0.4, -0.2) is 13.6 Å². The molecule has 0 aromatic carbocycles. The molecule has 0 atom stereocenters. The van der Waals surface area contributed by atoms with Crippen LogP contribution in [0.1, 0.15) is 187 Å². The minimum atomic E-state index is 0. The van der Waals surface area contributed by atoms with E-state index in [1.54, 1.807) is 0 Å². The van der Waals surface area contributed by atoms with Crippen LogP contribution in [0.5, 0.6) is 0 Å². The number of halogens is 1. The van der Waals surface area contributed by atoms with Gasteiger partial charge in [0.1, 0.15) is 0 Å². The highest BCUT2D eigenvalue weighted by Gasteiger charge is 1.96. The fraction of sp³-hybridized carbons (Fsp3) is 1.00. The lowest BCUT2D eigenvalue weighted by Crippen LogP contribution is -2.06. The van der Waals surface area contributed by atoms with Crippen molar-refractivity contribution in [3.8, 4) is 0 Å². The van der Waals surface area contributed by atoms with E-state index in [-0.39, 0.29) is 17.0 Å². The summed E-state index contributed by atoms with van der Waals surface area (Å²) in [5, 5.41) is 3.24. The van der Waals surface area contributed by atoms with E-state index in [0.29, 0.717) is 0 Å². The second-order valence-corrected chi connectivity index (χ2v) is 10.6. The summed E-state index contributed by atoms with van der Waals surface area (Å²) in [6.45, 7) is 3.50. The lowest BCUT2D eigenvalue weighted by molar-refractivity contribution is 0.513. The maximum absolute atomic E-state index is 3.24. The third-order valence-corrected chi connectivity index (χ3v) is 7.28. The first-order valence-electron chi connectivity index (χ1n) is 15.6. The molecule has 2 heteroatoms. The van der Waals surface area contributed by atoms with Crippen molar-refractivity contribution in [2.75, 3.05) is 13.6 Å². The SMILES string of the molecule is Br.CCCCCCCCCCCCCCCCCCCCCCCCCCCCCCNC. The van der Waals surface area contributed by atoms with Crippen molar-refractivity contribution in [3.05, 3.63) is 0 Å². The molecule has 0 heterocycles. The van der Waals surface area contributed by atoms with E-state index in [9.17, 15) is 0 Å². The second-order valence-electron chi connectivity index (χ2n) is 10.6. The smallest absolute Gasteiger partial charge is 0.00519 e. The van der Waals surface area contributed by atoms with Crippen LogP contribution < -0.4 is 5.32 Å². The van der Waals surface area contributed by atoms with Gasteiger partial charge in [-0.25, -0.2) is 0 Å². The molecule has 0 aliphatic rings. The van der Waals surface area contributed by atoms with Crippen LogP contribution in [0.25, 0.3) is 0 Å². The summed E-state index contributed by atoms with van der Waals surface area (Å²) >= 11 is 0. The van der Waals surface area contributed by atoms with Gasteiger partial charge in [0.15, 0.2) is 0 Å². The quantitative estimate of drug-likeness (QED) is 0.0945. The van der Waals surface area contributed by atoms with Crippen LogP contribution in [0, 0.1) is 0 Å². The van der Waals surface area contributed by atoms with Crippen molar-refractivity contribution in [3.63, 3.8) is 0 Å². The molecule has 0 radical (unpaired) electrons. The van der Waals surface area contributed by atoms with E-state index >= 15 is 0 Å². The maximum atomic E-state index is 3.24. The van der Waals surface area contributed by atoms with Gasteiger partial charge in [0, 0.05) is 0 Å². The molecule has 1 nitrogen and oxygen atoms in total. The largest absolute Gasteiger partial charge is 0.320 e. The van der Waals surface area contributed by atoms with Gasteiger partial charge in [-0.05, 0) is 20.0 Å². The molecular weight excluding hydrogens is 466 g/mol. The van der Waals surface area contributed by atoms with E-state index in [4.69, 9.17) is 0 Å². The molecule has 33 heavy (non-hydrogen) atoms. The average molecular weight is 533 g/mol.